The maximum absolute atomic E-state index is 4.12. The molecular formula is C13H20BrN3. The molecule has 1 atom stereocenters. The van der Waals surface area contributed by atoms with E-state index in [1.165, 1.54) is 31.5 Å². The highest BCUT2D eigenvalue weighted by Crippen LogP contribution is 2.25. The first-order valence-electron chi connectivity index (χ1n) is 6.39. The van der Waals surface area contributed by atoms with E-state index < -0.39 is 0 Å². The second kappa shape index (κ2) is 6.36. The summed E-state index contributed by atoms with van der Waals surface area (Å²) >= 11 is 3.58. The Labute approximate surface area is 112 Å². The van der Waals surface area contributed by atoms with Crippen molar-refractivity contribution in [1.82, 2.24) is 10.3 Å². The summed E-state index contributed by atoms with van der Waals surface area (Å²) in [7, 11) is 0. The standard InChI is InChI=1S/C13H20BrN3/c1-2-17(10-11-5-3-4-7-16-11)13-6-8-15-9-12(13)14/h6,8-9,11,16H,2-5,7,10H2,1H3. The zero-order valence-corrected chi connectivity index (χ0v) is 11.9. The van der Waals surface area contributed by atoms with Crippen molar-refractivity contribution in [3.8, 4) is 0 Å². The van der Waals surface area contributed by atoms with Crippen LogP contribution < -0.4 is 10.2 Å². The number of hydrogen-bond acceptors (Lipinski definition) is 3. The summed E-state index contributed by atoms with van der Waals surface area (Å²) in [6, 6.07) is 2.71. The van der Waals surface area contributed by atoms with Gasteiger partial charge in [0.05, 0.1) is 10.2 Å². The minimum Gasteiger partial charge on any atom is -0.369 e. The number of aromatic nitrogens is 1. The topological polar surface area (TPSA) is 28.2 Å². The zero-order chi connectivity index (χ0) is 12.1. The van der Waals surface area contributed by atoms with Crippen LogP contribution in [0.3, 0.4) is 0 Å². The predicted octanol–water partition coefficient (Wildman–Crippen LogP) is 2.81. The summed E-state index contributed by atoms with van der Waals surface area (Å²) < 4.78 is 1.08. The van der Waals surface area contributed by atoms with Crippen LogP contribution in [0, 0.1) is 0 Å². The number of rotatable bonds is 4. The molecule has 1 aliphatic rings. The van der Waals surface area contributed by atoms with Gasteiger partial charge in [0, 0.05) is 31.5 Å². The molecule has 94 valence electrons. The third kappa shape index (κ3) is 3.42. The number of pyridine rings is 1. The number of nitrogens with one attached hydrogen (secondary N) is 1. The Balaban J connectivity index is 2.03. The Morgan fingerprint density at radius 1 is 1.53 bits per heavy atom. The average Bonchev–Trinajstić information content (AvgIpc) is 2.38. The third-order valence-corrected chi connectivity index (χ3v) is 3.94. The van der Waals surface area contributed by atoms with Crippen molar-refractivity contribution in [1.29, 1.82) is 0 Å². The molecule has 17 heavy (non-hydrogen) atoms. The number of hydrogen-bond donors (Lipinski definition) is 1. The van der Waals surface area contributed by atoms with Gasteiger partial charge in [-0.15, -0.1) is 0 Å². The van der Waals surface area contributed by atoms with Crippen LogP contribution in [0.2, 0.25) is 0 Å². The van der Waals surface area contributed by atoms with Gasteiger partial charge in [0.1, 0.15) is 0 Å². The van der Waals surface area contributed by atoms with Crippen LogP contribution in [0.15, 0.2) is 22.9 Å². The Hall–Kier alpha value is -0.610. The van der Waals surface area contributed by atoms with Crippen molar-refractivity contribution in [3.05, 3.63) is 22.9 Å². The van der Waals surface area contributed by atoms with Crippen molar-refractivity contribution in [2.24, 2.45) is 0 Å². The number of piperidine rings is 1. The molecule has 0 bridgehead atoms. The van der Waals surface area contributed by atoms with Gasteiger partial charge in [-0.05, 0) is 48.3 Å². The maximum atomic E-state index is 4.12. The van der Waals surface area contributed by atoms with Crippen molar-refractivity contribution in [2.45, 2.75) is 32.2 Å². The zero-order valence-electron chi connectivity index (χ0n) is 10.3. The molecule has 1 fully saturated rings. The van der Waals surface area contributed by atoms with Gasteiger partial charge < -0.3 is 10.2 Å². The molecule has 2 heterocycles. The van der Waals surface area contributed by atoms with Crippen molar-refractivity contribution in [3.63, 3.8) is 0 Å². The minimum atomic E-state index is 0.628. The molecule has 3 nitrogen and oxygen atoms in total. The summed E-state index contributed by atoms with van der Waals surface area (Å²) in [5.74, 6) is 0. The van der Waals surface area contributed by atoms with Gasteiger partial charge in [-0.25, -0.2) is 0 Å². The van der Waals surface area contributed by atoms with Crippen LogP contribution in [0.1, 0.15) is 26.2 Å². The van der Waals surface area contributed by atoms with E-state index in [9.17, 15) is 0 Å². The van der Waals surface area contributed by atoms with Gasteiger partial charge in [-0.3, -0.25) is 4.98 Å². The van der Waals surface area contributed by atoms with Crippen molar-refractivity contribution in [2.75, 3.05) is 24.5 Å². The predicted molar refractivity (Wildman–Crippen MR) is 75.5 cm³/mol. The SMILES string of the molecule is CCN(CC1CCCCN1)c1ccncc1Br. The highest BCUT2D eigenvalue weighted by molar-refractivity contribution is 9.10. The van der Waals surface area contributed by atoms with Gasteiger partial charge in [-0.2, -0.15) is 0 Å². The molecule has 0 radical (unpaired) electrons. The Morgan fingerprint density at radius 3 is 3.06 bits per heavy atom. The lowest BCUT2D eigenvalue weighted by Gasteiger charge is -2.31. The molecule has 1 aromatic rings. The Kier molecular flexibility index (Phi) is 4.80. The highest BCUT2D eigenvalue weighted by atomic mass is 79.9. The molecule has 0 aliphatic carbocycles. The summed E-state index contributed by atoms with van der Waals surface area (Å²) in [6.45, 7) is 5.48. The quantitative estimate of drug-likeness (QED) is 0.926. The first-order chi connectivity index (χ1) is 8.31. The number of likely N-dealkylation sites (N-methyl/N-ethyl adjacent to an activating group) is 1. The summed E-state index contributed by atoms with van der Waals surface area (Å²) in [4.78, 5) is 6.53. The van der Waals surface area contributed by atoms with Crippen LogP contribution in [-0.4, -0.2) is 30.7 Å². The molecule has 0 spiro atoms. The fraction of sp³-hybridized carbons (Fsp3) is 0.615. The smallest absolute Gasteiger partial charge is 0.0592 e. The fourth-order valence-corrected chi connectivity index (χ4v) is 2.87. The molecule has 4 heteroatoms. The molecule has 1 N–H and O–H groups in total. The molecule has 1 aliphatic heterocycles. The third-order valence-electron chi connectivity index (χ3n) is 3.33. The second-order valence-corrected chi connectivity index (χ2v) is 5.37. The normalized spacial score (nSPS) is 20.2. The van der Waals surface area contributed by atoms with E-state index in [0.717, 1.165) is 17.6 Å². The minimum absolute atomic E-state index is 0.628. The number of nitrogens with zero attached hydrogens (tertiary/aromatic N) is 2. The molecule has 0 saturated carbocycles. The lowest BCUT2D eigenvalue weighted by molar-refractivity contribution is 0.400. The maximum Gasteiger partial charge on any atom is 0.0592 e. The molecule has 0 amide bonds. The van der Waals surface area contributed by atoms with E-state index in [2.05, 4.69) is 44.1 Å². The summed E-state index contributed by atoms with van der Waals surface area (Å²) in [5, 5.41) is 3.60. The average molecular weight is 298 g/mol. The van der Waals surface area contributed by atoms with Gasteiger partial charge in [0.15, 0.2) is 0 Å². The summed E-state index contributed by atoms with van der Waals surface area (Å²) in [5.41, 5.74) is 1.25. The second-order valence-electron chi connectivity index (χ2n) is 4.51. The van der Waals surface area contributed by atoms with Gasteiger partial charge in [0.2, 0.25) is 0 Å². The van der Waals surface area contributed by atoms with E-state index >= 15 is 0 Å². The highest BCUT2D eigenvalue weighted by Gasteiger charge is 2.17. The Bertz CT molecular complexity index is 350. The monoisotopic (exact) mass is 297 g/mol. The fourth-order valence-electron chi connectivity index (χ4n) is 2.37. The number of halogens is 1. The summed E-state index contributed by atoms with van der Waals surface area (Å²) in [6.07, 6.45) is 7.69. The van der Waals surface area contributed by atoms with E-state index in [0.29, 0.717) is 6.04 Å². The molecule has 1 saturated heterocycles. The van der Waals surface area contributed by atoms with Gasteiger partial charge >= 0.3 is 0 Å². The van der Waals surface area contributed by atoms with Crippen LogP contribution >= 0.6 is 15.9 Å². The van der Waals surface area contributed by atoms with E-state index in [1.807, 2.05) is 12.4 Å². The first kappa shape index (κ1) is 12.8. The lowest BCUT2D eigenvalue weighted by Crippen LogP contribution is -2.43. The lowest BCUT2D eigenvalue weighted by atomic mass is 10.0. The largest absolute Gasteiger partial charge is 0.369 e. The van der Waals surface area contributed by atoms with Gasteiger partial charge in [-0.1, -0.05) is 6.42 Å². The molecule has 1 unspecified atom stereocenters. The number of anilines is 1. The van der Waals surface area contributed by atoms with Crippen molar-refractivity contribution < 1.29 is 0 Å². The molecule has 0 aromatic carbocycles. The Morgan fingerprint density at radius 2 is 2.41 bits per heavy atom. The van der Waals surface area contributed by atoms with Crippen LogP contribution in [0.25, 0.3) is 0 Å². The van der Waals surface area contributed by atoms with Gasteiger partial charge in [0.25, 0.3) is 0 Å². The molecule has 2 rings (SSSR count). The van der Waals surface area contributed by atoms with Crippen LogP contribution in [-0.2, 0) is 0 Å². The molecule has 1 aromatic heterocycles. The van der Waals surface area contributed by atoms with E-state index in [-0.39, 0.29) is 0 Å². The first-order valence-corrected chi connectivity index (χ1v) is 7.18. The van der Waals surface area contributed by atoms with E-state index in [1.54, 1.807) is 0 Å². The van der Waals surface area contributed by atoms with Crippen LogP contribution in [0.4, 0.5) is 5.69 Å². The molecular weight excluding hydrogens is 278 g/mol. The van der Waals surface area contributed by atoms with Crippen LogP contribution in [0.5, 0.6) is 0 Å². The van der Waals surface area contributed by atoms with Crippen molar-refractivity contribution >= 4 is 21.6 Å². The van der Waals surface area contributed by atoms with E-state index in [4.69, 9.17) is 0 Å².